The van der Waals surface area contributed by atoms with E-state index in [0.717, 1.165) is 24.6 Å². The van der Waals surface area contributed by atoms with Crippen LogP contribution in [0.5, 0.6) is 0 Å². The molecule has 1 saturated carbocycles. The molecule has 2 aliphatic heterocycles. The van der Waals surface area contributed by atoms with Crippen LogP contribution in [0, 0.1) is 5.92 Å². The summed E-state index contributed by atoms with van der Waals surface area (Å²) in [6, 6.07) is 1.53. The van der Waals surface area contributed by atoms with Gasteiger partial charge in [0.2, 0.25) is 0 Å². The Morgan fingerprint density at radius 2 is 2.05 bits per heavy atom. The van der Waals surface area contributed by atoms with Crippen molar-refractivity contribution in [2.24, 2.45) is 5.92 Å². The van der Waals surface area contributed by atoms with Gasteiger partial charge in [-0.25, -0.2) is 0 Å². The summed E-state index contributed by atoms with van der Waals surface area (Å²) in [6.07, 6.45) is 11.2. The smallest absolute Gasteiger partial charge is 0.0590 e. The fourth-order valence-corrected chi connectivity index (χ4v) is 3.92. The fraction of sp³-hybridized carbons (Fsp3) is 1.00. The predicted octanol–water partition coefficient (Wildman–Crippen LogP) is 2.80. The van der Waals surface area contributed by atoms with Crippen LogP contribution in [0.4, 0.5) is 0 Å². The second kappa shape index (κ2) is 7.24. The van der Waals surface area contributed by atoms with Crippen LogP contribution in [-0.4, -0.2) is 49.3 Å². The zero-order valence-electron chi connectivity index (χ0n) is 13.2. The molecule has 0 aromatic carbocycles. The van der Waals surface area contributed by atoms with E-state index in [1.54, 1.807) is 0 Å². The normalized spacial score (nSPS) is 34.8. The lowest BCUT2D eigenvalue weighted by atomic mass is 9.97. The van der Waals surface area contributed by atoms with Gasteiger partial charge in [0.05, 0.1) is 6.10 Å². The lowest BCUT2D eigenvalue weighted by Crippen LogP contribution is -2.48. The Balaban J connectivity index is 1.54. The third kappa shape index (κ3) is 4.19. The van der Waals surface area contributed by atoms with Gasteiger partial charge in [0, 0.05) is 31.8 Å². The molecular formula is C17H32N2O. The Kier molecular flexibility index (Phi) is 5.36. The first-order valence-electron chi connectivity index (χ1n) is 8.94. The van der Waals surface area contributed by atoms with Crippen LogP contribution in [0.1, 0.15) is 58.3 Å². The average molecular weight is 280 g/mol. The molecule has 3 nitrogen and oxygen atoms in total. The summed E-state index contributed by atoms with van der Waals surface area (Å²) in [4.78, 5) is 2.83. The van der Waals surface area contributed by atoms with Crippen molar-refractivity contribution >= 4 is 0 Å². The number of hydrogen-bond donors (Lipinski definition) is 1. The molecule has 3 aliphatic rings. The first-order valence-corrected chi connectivity index (χ1v) is 8.94. The van der Waals surface area contributed by atoms with Crippen molar-refractivity contribution in [3.63, 3.8) is 0 Å². The van der Waals surface area contributed by atoms with Crippen LogP contribution in [0.2, 0.25) is 0 Å². The van der Waals surface area contributed by atoms with Crippen molar-refractivity contribution in [1.29, 1.82) is 0 Å². The number of nitrogens with one attached hydrogen (secondary N) is 1. The molecule has 2 saturated heterocycles. The van der Waals surface area contributed by atoms with Gasteiger partial charge in [-0.2, -0.15) is 0 Å². The van der Waals surface area contributed by atoms with E-state index in [9.17, 15) is 0 Å². The summed E-state index contributed by atoms with van der Waals surface area (Å²) in [7, 11) is 0. The summed E-state index contributed by atoms with van der Waals surface area (Å²) in [5.74, 6) is 1.00. The molecule has 2 heterocycles. The molecule has 0 radical (unpaired) electrons. The summed E-state index contributed by atoms with van der Waals surface area (Å²) in [5, 5.41) is 3.68. The highest BCUT2D eigenvalue weighted by Gasteiger charge is 2.33. The highest BCUT2D eigenvalue weighted by Crippen LogP contribution is 2.32. The summed E-state index contributed by atoms with van der Waals surface area (Å²) in [5.41, 5.74) is 0. The van der Waals surface area contributed by atoms with E-state index in [-0.39, 0.29) is 0 Å². The second-order valence-corrected chi connectivity index (χ2v) is 7.15. The maximum Gasteiger partial charge on any atom is 0.0590 e. The van der Waals surface area contributed by atoms with Crippen molar-refractivity contribution < 1.29 is 4.74 Å². The number of hydrogen-bond acceptors (Lipinski definition) is 3. The molecular weight excluding hydrogens is 248 g/mol. The minimum atomic E-state index is 0.525. The standard InChI is InChI=1S/C17H32N2O/c1-2-4-17-11-16(8-10-20-17)19(12-14-6-7-14)13-15-5-3-9-18-15/h14-18H,2-13H2,1H3. The Morgan fingerprint density at radius 1 is 1.15 bits per heavy atom. The van der Waals surface area contributed by atoms with Gasteiger partial charge >= 0.3 is 0 Å². The minimum absolute atomic E-state index is 0.525. The SMILES string of the molecule is CCCC1CC(N(CC2CC2)CC2CCCN2)CCO1. The van der Waals surface area contributed by atoms with E-state index in [4.69, 9.17) is 4.74 Å². The van der Waals surface area contributed by atoms with Gasteiger partial charge < -0.3 is 10.1 Å². The average Bonchev–Trinajstić information content (AvgIpc) is 3.12. The topological polar surface area (TPSA) is 24.5 Å². The second-order valence-electron chi connectivity index (χ2n) is 7.15. The molecule has 1 N–H and O–H groups in total. The van der Waals surface area contributed by atoms with Crippen LogP contribution in [0.25, 0.3) is 0 Å². The predicted molar refractivity (Wildman–Crippen MR) is 83.0 cm³/mol. The first kappa shape index (κ1) is 14.8. The van der Waals surface area contributed by atoms with E-state index in [2.05, 4.69) is 17.1 Å². The van der Waals surface area contributed by atoms with Crippen molar-refractivity contribution in [2.45, 2.75) is 76.5 Å². The molecule has 3 heteroatoms. The molecule has 3 rings (SSSR count). The van der Waals surface area contributed by atoms with E-state index in [1.807, 2.05) is 0 Å². The highest BCUT2D eigenvalue weighted by molar-refractivity contribution is 4.88. The van der Waals surface area contributed by atoms with Crippen LogP contribution >= 0.6 is 0 Å². The van der Waals surface area contributed by atoms with Gasteiger partial charge in [-0.3, -0.25) is 4.90 Å². The van der Waals surface area contributed by atoms with Crippen molar-refractivity contribution in [3.05, 3.63) is 0 Å². The Morgan fingerprint density at radius 3 is 2.75 bits per heavy atom. The molecule has 0 spiro atoms. The summed E-state index contributed by atoms with van der Waals surface area (Å²) >= 11 is 0. The van der Waals surface area contributed by atoms with E-state index in [0.29, 0.717) is 6.10 Å². The molecule has 0 aromatic rings. The van der Waals surface area contributed by atoms with E-state index >= 15 is 0 Å². The lowest BCUT2D eigenvalue weighted by Gasteiger charge is -2.39. The number of ether oxygens (including phenoxy) is 1. The molecule has 0 aromatic heterocycles. The molecule has 3 atom stereocenters. The number of nitrogens with zero attached hydrogens (tertiary/aromatic N) is 1. The zero-order chi connectivity index (χ0) is 13.8. The van der Waals surface area contributed by atoms with Gasteiger partial charge in [0.1, 0.15) is 0 Å². The van der Waals surface area contributed by atoms with E-state index < -0.39 is 0 Å². The van der Waals surface area contributed by atoms with Crippen LogP contribution < -0.4 is 5.32 Å². The van der Waals surface area contributed by atoms with Gasteiger partial charge in [0.25, 0.3) is 0 Å². The van der Waals surface area contributed by atoms with Crippen molar-refractivity contribution in [3.8, 4) is 0 Å². The van der Waals surface area contributed by atoms with E-state index in [1.165, 1.54) is 71.0 Å². The van der Waals surface area contributed by atoms with Gasteiger partial charge in [-0.1, -0.05) is 13.3 Å². The molecule has 20 heavy (non-hydrogen) atoms. The monoisotopic (exact) mass is 280 g/mol. The van der Waals surface area contributed by atoms with Crippen LogP contribution in [0.3, 0.4) is 0 Å². The third-order valence-corrected chi connectivity index (χ3v) is 5.27. The Bertz CT molecular complexity index is 285. The van der Waals surface area contributed by atoms with Gasteiger partial charge in [0.15, 0.2) is 0 Å². The summed E-state index contributed by atoms with van der Waals surface area (Å²) in [6.45, 7) is 7.11. The lowest BCUT2D eigenvalue weighted by molar-refractivity contribution is -0.0330. The highest BCUT2D eigenvalue weighted by atomic mass is 16.5. The molecule has 0 bridgehead atoms. The van der Waals surface area contributed by atoms with Crippen LogP contribution in [-0.2, 0) is 4.74 Å². The number of rotatable bonds is 7. The molecule has 3 fully saturated rings. The molecule has 0 amide bonds. The Labute approximate surface area is 124 Å². The molecule has 1 aliphatic carbocycles. The minimum Gasteiger partial charge on any atom is -0.378 e. The fourth-order valence-electron chi connectivity index (χ4n) is 3.92. The Hall–Kier alpha value is -0.120. The van der Waals surface area contributed by atoms with Gasteiger partial charge in [-0.15, -0.1) is 0 Å². The first-order chi connectivity index (χ1) is 9.85. The van der Waals surface area contributed by atoms with Crippen molar-refractivity contribution in [1.82, 2.24) is 10.2 Å². The third-order valence-electron chi connectivity index (χ3n) is 5.27. The van der Waals surface area contributed by atoms with Crippen LogP contribution in [0.15, 0.2) is 0 Å². The van der Waals surface area contributed by atoms with Gasteiger partial charge in [-0.05, 0) is 57.4 Å². The quantitative estimate of drug-likeness (QED) is 0.776. The maximum absolute atomic E-state index is 5.95. The molecule has 116 valence electrons. The summed E-state index contributed by atoms with van der Waals surface area (Å²) < 4.78 is 5.95. The maximum atomic E-state index is 5.95. The van der Waals surface area contributed by atoms with Crippen molar-refractivity contribution in [2.75, 3.05) is 26.2 Å². The largest absolute Gasteiger partial charge is 0.378 e. The zero-order valence-corrected chi connectivity index (χ0v) is 13.2. The molecule has 3 unspecified atom stereocenters.